The van der Waals surface area contributed by atoms with Crippen molar-refractivity contribution in [2.75, 3.05) is 26.4 Å². The molecule has 2 rings (SSSR count). The van der Waals surface area contributed by atoms with Gasteiger partial charge in [0.25, 0.3) is 0 Å². The van der Waals surface area contributed by atoms with Gasteiger partial charge in [0.1, 0.15) is 12.1 Å². The molecular weight excluding hydrogens is 234 g/mol. The highest BCUT2D eigenvalue weighted by Gasteiger charge is 2.06. The highest BCUT2D eigenvalue weighted by Crippen LogP contribution is 2.18. The molecule has 0 amide bonds. The van der Waals surface area contributed by atoms with Crippen molar-refractivity contribution >= 4 is 11.8 Å². The quantitative estimate of drug-likeness (QED) is 0.748. The molecule has 0 unspecified atom stereocenters. The van der Waals surface area contributed by atoms with Gasteiger partial charge < -0.3 is 4.90 Å². The molecule has 0 saturated carbocycles. The monoisotopic (exact) mass is 249 g/mol. The first kappa shape index (κ1) is 12.1. The normalized spacial score (nSPS) is 11.0. The van der Waals surface area contributed by atoms with E-state index in [1.165, 1.54) is 0 Å². The van der Waals surface area contributed by atoms with Crippen molar-refractivity contribution in [2.24, 2.45) is 0 Å². The number of hydrogen-bond donors (Lipinski definition) is 0. The van der Waals surface area contributed by atoms with E-state index in [1.54, 1.807) is 30.5 Å². The molecule has 0 aliphatic rings. The molecule has 2 aromatic rings. The van der Waals surface area contributed by atoms with Gasteiger partial charge in [0, 0.05) is 30.9 Å². The Morgan fingerprint density at radius 3 is 2.88 bits per heavy atom. The summed E-state index contributed by atoms with van der Waals surface area (Å²) in [5, 5.41) is 0.963. The zero-order valence-corrected chi connectivity index (χ0v) is 10.8. The van der Waals surface area contributed by atoms with Crippen molar-refractivity contribution in [3.63, 3.8) is 0 Å². The summed E-state index contributed by atoms with van der Waals surface area (Å²) in [7, 11) is 4.13. The molecule has 0 aliphatic carbocycles. The lowest BCUT2D eigenvalue weighted by Gasteiger charge is -2.09. The molecule has 0 aliphatic heterocycles. The average molecular weight is 249 g/mol. The van der Waals surface area contributed by atoms with Gasteiger partial charge in [-0.05, 0) is 20.2 Å². The molecule has 0 N–H and O–H groups in total. The van der Waals surface area contributed by atoms with Crippen molar-refractivity contribution < 1.29 is 0 Å². The van der Waals surface area contributed by atoms with Crippen LogP contribution >= 0.6 is 11.8 Å². The van der Waals surface area contributed by atoms with E-state index in [0.29, 0.717) is 0 Å². The van der Waals surface area contributed by atoms with Crippen LogP contribution in [-0.2, 0) is 0 Å². The van der Waals surface area contributed by atoms with Crippen LogP contribution in [0.2, 0.25) is 0 Å². The van der Waals surface area contributed by atoms with Crippen molar-refractivity contribution in [3.05, 3.63) is 31.0 Å². The van der Waals surface area contributed by atoms with E-state index in [2.05, 4.69) is 33.9 Å². The van der Waals surface area contributed by atoms with Crippen LogP contribution in [0.15, 0.2) is 36.1 Å². The Morgan fingerprint density at radius 2 is 2.18 bits per heavy atom. The Bertz CT molecular complexity index is 454. The predicted octanol–water partition coefficient (Wildman–Crippen LogP) is 1.32. The average Bonchev–Trinajstić information content (AvgIpc) is 2.78. The second-order valence-electron chi connectivity index (χ2n) is 3.80. The molecule has 5 nitrogen and oxygen atoms in total. The molecule has 90 valence electrons. The minimum absolute atomic E-state index is 0.852. The maximum Gasteiger partial charge on any atom is 0.173 e. The predicted molar refractivity (Wildman–Crippen MR) is 68.4 cm³/mol. The Labute approximate surface area is 105 Å². The molecule has 17 heavy (non-hydrogen) atoms. The Hall–Kier alpha value is -1.40. The number of aromatic nitrogens is 4. The topological polar surface area (TPSA) is 46.8 Å². The number of imidazole rings is 1. The van der Waals surface area contributed by atoms with Crippen LogP contribution in [-0.4, -0.2) is 50.8 Å². The van der Waals surface area contributed by atoms with Crippen LogP contribution < -0.4 is 0 Å². The third kappa shape index (κ3) is 3.28. The molecule has 0 radical (unpaired) electrons. The molecule has 0 aromatic carbocycles. The van der Waals surface area contributed by atoms with Gasteiger partial charge in [-0.1, -0.05) is 11.8 Å². The standard InChI is InChI=1S/C11H15N5S/c1-15(2)7-8-17-11-13-5-6-16(11)10-3-4-12-9-14-10/h3-6,9H,7-8H2,1-2H3. The number of thioether (sulfide) groups is 1. The van der Waals surface area contributed by atoms with Gasteiger partial charge in [0.05, 0.1) is 0 Å². The zero-order valence-electron chi connectivity index (χ0n) is 9.95. The smallest absolute Gasteiger partial charge is 0.173 e. The van der Waals surface area contributed by atoms with E-state index in [9.17, 15) is 0 Å². The van der Waals surface area contributed by atoms with Crippen molar-refractivity contribution in [1.82, 2.24) is 24.4 Å². The van der Waals surface area contributed by atoms with Crippen molar-refractivity contribution in [3.8, 4) is 5.82 Å². The lowest BCUT2D eigenvalue weighted by molar-refractivity contribution is 0.437. The van der Waals surface area contributed by atoms with Gasteiger partial charge in [0.2, 0.25) is 0 Å². The second-order valence-corrected chi connectivity index (χ2v) is 4.86. The van der Waals surface area contributed by atoms with E-state index >= 15 is 0 Å². The summed E-state index contributed by atoms with van der Waals surface area (Å²) in [5.74, 6) is 1.86. The summed E-state index contributed by atoms with van der Waals surface area (Å²) in [6, 6.07) is 1.87. The zero-order chi connectivity index (χ0) is 12.1. The first-order valence-corrected chi connectivity index (χ1v) is 6.33. The molecule has 0 atom stereocenters. The van der Waals surface area contributed by atoms with E-state index in [0.717, 1.165) is 23.3 Å². The molecule has 0 saturated heterocycles. The first-order valence-electron chi connectivity index (χ1n) is 5.34. The summed E-state index contributed by atoms with van der Waals surface area (Å²) >= 11 is 1.73. The fraction of sp³-hybridized carbons (Fsp3) is 0.364. The second kappa shape index (κ2) is 5.79. The summed E-state index contributed by atoms with van der Waals surface area (Å²) in [6.45, 7) is 1.03. The van der Waals surface area contributed by atoms with E-state index in [4.69, 9.17) is 0 Å². The van der Waals surface area contributed by atoms with Crippen LogP contribution in [0.4, 0.5) is 0 Å². The molecule has 2 heterocycles. The highest BCUT2D eigenvalue weighted by molar-refractivity contribution is 7.99. The van der Waals surface area contributed by atoms with Crippen molar-refractivity contribution in [1.29, 1.82) is 0 Å². The van der Waals surface area contributed by atoms with Crippen LogP contribution in [0, 0.1) is 0 Å². The summed E-state index contributed by atoms with van der Waals surface area (Å²) in [5.41, 5.74) is 0. The van der Waals surface area contributed by atoms with E-state index in [1.807, 2.05) is 16.8 Å². The van der Waals surface area contributed by atoms with Gasteiger partial charge in [-0.3, -0.25) is 4.57 Å². The molecule has 0 fully saturated rings. The van der Waals surface area contributed by atoms with E-state index < -0.39 is 0 Å². The van der Waals surface area contributed by atoms with Crippen molar-refractivity contribution in [2.45, 2.75) is 5.16 Å². The van der Waals surface area contributed by atoms with Crippen LogP contribution in [0.3, 0.4) is 0 Å². The minimum atomic E-state index is 0.852. The molecule has 0 spiro atoms. The number of hydrogen-bond acceptors (Lipinski definition) is 5. The molecule has 6 heteroatoms. The first-order chi connectivity index (χ1) is 8.27. The summed E-state index contributed by atoms with van der Waals surface area (Å²) in [6.07, 6.45) is 6.99. The Kier molecular flexibility index (Phi) is 4.11. The van der Waals surface area contributed by atoms with Crippen LogP contribution in [0.25, 0.3) is 5.82 Å². The lowest BCUT2D eigenvalue weighted by atomic mass is 10.6. The van der Waals surface area contributed by atoms with Gasteiger partial charge in [-0.25, -0.2) is 15.0 Å². The summed E-state index contributed by atoms with van der Waals surface area (Å²) < 4.78 is 1.97. The molecule has 0 bridgehead atoms. The van der Waals surface area contributed by atoms with Crippen LogP contribution in [0.5, 0.6) is 0 Å². The fourth-order valence-electron chi connectivity index (χ4n) is 1.32. The Morgan fingerprint density at radius 1 is 1.29 bits per heavy atom. The maximum atomic E-state index is 4.34. The van der Waals surface area contributed by atoms with Gasteiger partial charge in [-0.15, -0.1) is 0 Å². The molecular formula is C11H15N5S. The Balaban J connectivity index is 2.07. The number of rotatable bonds is 5. The lowest BCUT2D eigenvalue weighted by Crippen LogP contribution is -2.15. The van der Waals surface area contributed by atoms with Gasteiger partial charge in [0.15, 0.2) is 5.16 Å². The maximum absolute atomic E-state index is 4.34. The SMILES string of the molecule is CN(C)CCSc1nccn1-c1ccncn1. The largest absolute Gasteiger partial charge is 0.309 e. The molecule has 2 aromatic heterocycles. The van der Waals surface area contributed by atoms with Crippen LogP contribution in [0.1, 0.15) is 0 Å². The number of nitrogens with zero attached hydrogens (tertiary/aromatic N) is 5. The minimum Gasteiger partial charge on any atom is -0.309 e. The summed E-state index contributed by atoms with van der Waals surface area (Å²) in [4.78, 5) is 14.6. The van der Waals surface area contributed by atoms with Gasteiger partial charge >= 0.3 is 0 Å². The fourth-order valence-corrected chi connectivity index (χ4v) is 2.38. The third-order valence-corrected chi connectivity index (χ3v) is 3.14. The van der Waals surface area contributed by atoms with Gasteiger partial charge in [-0.2, -0.15) is 0 Å². The van der Waals surface area contributed by atoms with E-state index in [-0.39, 0.29) is 0 Å². The highest BCUT2D eigenvalue weighted by atomic mass is 32.2. The third-order valence-electron chi connectivity index (χ3n) is 2.19.